The molecule has 0 saturated carbocycles. The lowest BCUT2D eigenvalue weighted by Gasteiger charge is -2.31. The van der Waals surface area contributed by atoms with Gasteiger partial charge in [-0.3, -0.25) is 9.59 Å². The number of piperidine rings is 1. The Morgan fingerprint density at radius 1 is 1.10 bits per heavy atom. The molecule has 1 fully saturated rings. The molecule has 1 saturated heterocycles. The number of carbonyl (C=O) groups excluding carboxylic acids is 2. The van der Waals surface area contributed by atoms with Gasteiger partial charge in [-0.2, -0.15) is 0 Å². The predicted molar refractivity (Wildman–Crippen MR) is 113 cm³/mol. The van der Waals surface area contributed by atoms with Crippen molar-refractivity contribution in [3.63, 3.8) is 0 Å². The van der Waals surface area contributed by atoms with Crippen LogP contribution in [0.25, 0.3) is 11.0 Å². The number of carbonyl (C=O) groups is 2. The van der Waals surface area contributed by atoms with E-state index in [9.17, 15) is 9.59 Å². The lowest BCUT2D eigenvalue weighted by Crippen LogP contribution is -2.43. The van der Waals surface area contributed by atoms with E-state index >= 15 is 0 Å². The van der Waals surface area contributed by atoms with Crippen molar-refractivity contribution >= 4 is 28.5 Å². The molecule has 2 aromatic heterocycles. The van der Waals surface area contributed by atoms with Crippen LogP contribution in [0, 0.1) is 5.92 Å². The van der Waals surface area contributed by atoms with Crippen molar-refractivity contribution in [2.45, 2.75) is 45.1 Å². The summed E-state index contributed by atoms with van der Waals surface area (Å²) in [5.41, 5.74) is 2.83. The van der Waals surface area contributed by atoms with E-state index in [1.165, 1.54) is 25.5 Å². The summed E-state index contributed by atoms with van der Waals surface area (Å²) in [4.78, 5) is 32.0. The molecule has 2 aliphatic rings. The standard InChI is InChI=1S/C23H26N4O3/c28-22(16-6-4-11-26(15-16)23(29)20-7-5-13-30-20)24-17-9-10-19-18(14-17)25-21-8-2-1-3-12-27(19)21/h5,7,9-10,13-14,16H,1-4,6,8,11-12,15H2,(H,24,28)/t16-/m1/s1. The molecule has 30 heavy (non-hydrogen) atoms. The number of aromatic nitrogens is 2. The minimum absolute atomic E-state index is 0.0490. The first-order valence-corrected chi connectivity index (χ1v) is 10.8. The number of furan rings is 1. The number of nitrogens with one attached hydrogen (secondary N) is 1. The van der Waals surface area contributed by atoms with Crippen molar-refractivity contribution < 1.29 is 14.0 Å². The first-order valence-electron chi connectivity index (χ1n) is 10.8. The Bertz CT molecular complexity index is 1070. The Balaban J connectivity index is 1.29. The monoisotopic (exact) mass is 406 g/mol. The van der Waals surface area contributed by atoms with Crippen LogP contribution in [0.1, 0.15) is 48.5 Å². The van der Waals surface area contributed by atoms with Crippen molar-refractivity contribution in [2.24, 2.45) is 5.92 Å². The van der Waals surface area contributed by atoms with Crippen LogP contribution in [0.15, 0.2) is 41.0 Å². The highest BCUT2D eigenvalue weighted by atomic mass is 16.3. The molecule has 1 atom stereocenters. The molecular weight excluding hydrogens is 380 g/mol. The summed E-state index contributed by atoms with van der Waals surface area (Å²) >= 11 is 0. The first kappa shape index (κ1) is 18.9. The van der Waals surface area contributed by atoms with Crippen LogP contribution in [0.3, 0.4) is 0 Å². The van der Waals surface area contributed by atoms with Gasteiger partial charge in [0.15, 0.2) is 5.76 Å². The smallest absolute Gasteiger partial charge is 0.289 e. The zero-order chi connectivity index (χ0) is 20.5. The molecule has 0 spiro atoms. The Hall–Kier alpha value is -3.09. The van der Waals surface area contributed by atoms with Gasteiger partial charge >= 0.3 is 0 Å². The molecule has 0 bridgehead atoms. The van der Waals surface area contributed by atoms with Gasteiger partial charge in [0.2, 0.25) is 5.91 Å². The van der Waals surface area contributed by atoms with Crippen molar-refractivity contribution in [2.75, 3.05) is 18.4 Å². The molecule has 2 amide bonds. The van der Waals surface area contributed by atoms with Gasteiger partial charge in [-0.25, -0.2) is 4.98 Å². The second kappa shape index (κ2) is 7.97. The molecule has 2 aliphatic heterocycles. The summed E-state index contributed by atoms with van der Waals surface area (Å²) < 4.78 is 7.54. The van der Waals surface area contributed by atoms with Gasteiger partial charge in [0, 0.05) is 31.7 Å². The number of benzene rings is 1. The van der Waals surface area contributed by atoms with Crippen LogP contribution in [-0.4, -0.2) is 39.4 Å². The first-order chi connectivity index (χ1) is 14.7. The highest BCUT2D eigenvalue weighted by Crippen LogP contribution is 2.26. The zero-order valence-electron chi connectivity index (χ0n) is 17.0. The molecular formula is C23H26N4O3. The number of hydrogen-bond acceptors (Lipinski definition) is 4. The Morgan fingerprint density at radius 3 is 2.90 bits per heavy atom. The van der Waals surface area contributed by atoms with E-state index in [4.69, 9.17) is 9.40 Å². The quantitative estimate of drug-likeness (QED) is 0.717. The third kappa shape index (κ3) is 3.60. The van der Waals surface area contributed by atoms with E-state index in [1.54, 1.807) is 17.0 Å². The fourth-order valence-electron chi connectivity index (χ4n) is 4.60. The van der Waals surface area contributed by atoms with E-state index < -0.39 is 0 Å². The van der Waals surface area contributed by atoms with Gasteiger partial charge in [0.1, 0.15) is 5.82 Å². The van der Waals surface area contributed by atoms with E-state index in [-0.39, 0.29) is 17.7 Å². The third-order valence-electron chi connectivity index (χ3n) is 6.19. The van der Waals surface area contributed by atoms with Crippen LogP contribution >= 0.6 is 0 Å². The zero-order valence-corrected chi connectivity index (χ0v) is 17.0. The molecule has 0 aliphatic carbocycles. The fourth-order valence-corrected chi connectivity index (χ4v) is 4.60. The van der Waals surface area contributed by atoms with Crippen molar-refractivity contribution in [1.29, 1.82) is 0 Å². The lowest BCUT2D eigenvalue weighted by molar-refractivity contribution is -0.121. The van der Waals surface area contributed by atoms with E-state index in [0.717, 1.165) is 48.4 Å². The normalized spacial score (nSPS) is 19.3. The molecule has 1 aromatic carbocycles. The number of rotatable bonds is 3. The van der Waals surface area contributed by atoms with Crippen molar-refractivity contribution in [3.05, 3.63) is 48.2 Å². The fraction of sp³-hybridized carbons (Fsp3) is 0.435. The number of hydrogen-bond donors (Lipinski definition) is 1. The van der Waals surface area contributed by atoms with E-state index in [2.05, 4.69) is 16.0 Å². The minimum Gasteiger partial charge on any atom is -0.459 e. The van der Waals surface area contributed by atoms with Gasteiger partial charge in [-0.1, -0.05) is 6.42 Å². The van der Waals surface area contributed by atoms with Gasteiger partial charge in [0.05, 0.1) is 23.2 Å². The third-order valence-corrected chi connectivity index (χ3v) is 6.19. The topological polar surface area (TPSA) is 80.4 Å². The molecule has 4 heterocycles. The molecule has 3 aromatic rings. The molecule has 1 N–H and O–H groups in total. The van der Waals surface area contributed by atoms with Crippen LogP contribution < -0.4 is 5.32 Å². The molecule has 156 valence electrons. The molecule has 0 unspecified atom stereocenters. The number of nitrogens with zero attached hydrogens (tertiary/aromatic N) is 3. The maximum Gasteiger partial charge on any atom is 0.289 e. The van der Waals surface area contributed by atoms with Crippen molar-refractivity contribution in [1.82, 2.24) is 14.5 Å². The summed E-state index contributed by atoms with van der Waals surface area (Å²) in [5, 5.41) is 3.04. The maximum absolute atomic E-state index is 12.9. The van der Waals surface area contributed by atoms with Gasteiger partial charge < -0.3 is 19.2 Å². The SMILES string of the molecule is O=C(Nc1ccc2c(c1)nc1n2CCCCC1)[C@@H]1CCCN(C(=O)c2ccco2)C1. The average Bonchev–Trinajstić information content (AvgIpc) is 3.36. The van der Waals surface area contributed by atoms with Crippen molar-refractivity contribution in [3.8, 4) is 0 Å². The number of aryl methyl sites for hydroxylation is 2. The van der Waals surface area contributed by atoms with Gasteiger partial charge in [-0.05, 0) is 56.0 Å². The van der Waals surface area contributed by atoms with E-state index in [1.807, 2.05) is 12.1 Å². The second-order valence-corrected chi connectivity index (χ2v) is 8.25. The highest BCUT2D eigenvalue weighted by molar-refractivity contribution is 5.96. The summed E-state index contributed by atoms with van der Waals surface area (Å²) in [6, 6.07) is 9.33. The minimum atomic E-state index is -0.230. The number of amides is 2. The predicted octanol–water partition coefficient (Wildman–Crippen LogP) is 3.85. The van der Waals surface area contributed by atoms with Gasteiger partial charge in [0.25, 0.3) is 5.91 Å². The molecule has 0 radical (unpaired) electrons. The average molecular weight is 406 g/mol. The number of imidazole rings is 1. The van der Waals surface area contributed by atoms with Crippen LogP contribution in [0.2, 0.25) is 0 Å². The van der Waals surface area contributed by atoms with Crippen LogP contribution in [-0.2, 0) is 17.8 Å². The van der Waals surface area contributed by atoms with E-state index in [0.29, 0.717) is 18.8 Å². The highest BCUT2D eigenvalue weighted by Gasteiger charge is 2.30. The van der Waals surface area contributed by atoms with Crippen LogP contribution in [0.5, 0.6) is 0 Å². The largest absolute Gasteiger partial charge is 0.459 e. The Kier molecular flexibility index (Phi) is 5.02. The number of fused-ring (bicyclic) bond motifs is 3. The van der Waals surface area contributed by atoms with Crippen LogP contribution in [0.4, 0.5) is 5.69 Å². The molecule has 7 heteroatoms. The summed E-state index contributed by atoms with van der Waals surface area (Å²) in [7, 11) is 0. The maximum atomic E-state index is 12.9. The number of anilines is 1. The summed E-state index contributed by atoms with van der Waals surface area (Å²) in [5.74, 6) is 1.03. The lowest BCUT2D eigenvalue weighted by atomic mass is 9.96. The van der Waals surface area contributed by atoms with Gasteiger partial charge in [-0.15, -0.1) is 0 Å². The summed E-state index contributed by atoms with van der Waals surface area (Å²) in [6.45, 7) is 2.07. The molecule has 5 rings (SSSR count). The number of likely N-dealkylation sites (tertiary alicyclic amines) is 1. The second-order valence-electron chi connectivity index (χ2n) is 8.25. The Labute approximate surface area is 175 Å². The Morgan fingerprint density at radius 2 is 2.03 bits per heavy atom. The molecule has 7 nitrogen and oxygen atoms in total. The summed E-state index contributed by atoms with van der Waals surface area (Å²) in [6.07, 6.45) is 7.70.